The number of likely N-dealkylation sites (tertiary alicyclic amines) is 1. The summed E-state index contributed by atoms with van der Waals surface area (Å²) in [5, 5.41) is 13.0. The molecule has 0 bridgehead atoms. The first-order valence-corrected chi connectivity index (χ1v) is 9.42. The van der Waals surface area contributed by atoms with Gasteiger partial charge in [-0.2, -0.15) is 0 Å². The SMILES string of the molecule is CCN1CCC(C(=O)Nc2cc3cc(-c4cnnn4C)ccc3cn2)CC1. The molecule has 2 aromatic heterocycles. The fraction of sp³-hybridized carbons (Fsp3) is 0.400. The smallest absolute Gasteiger partial charge is 0.228 e. The molecule has 7 nitrogen and oxygen atoms in total. The summed E-state index contributed by atoms with van der Waals surface area (Å²) in [4.78, 5) is 19.4. The summed E-state index contributed by atoms with van der Waals surface area (Å²) in [6.45, 7) is 5.19. The first-order valence-electron chi connectivity index (χ1n) is 9.42. The van der Waals surface area contributed by atoms with Crippen LogP contribution in [0, 0.1) is 5.92 Å². The Bertz CT molecular complexity index is 958. The van der Waals surface area contributed by atoms with E-state index in [4.69, 9.17) is 0 Å². The van der Waals surface area contributed by atoms with Gasteiger partial charge in [0.1, 0.15) is 5.82 Å². The van der Waals surface area contributed by atoms with Crippen molar-refractivity contribution in [2.75, 3.05) is 25.0 Å². The van der Waals surface area contributed by atoms with Crippen LogP contribution in [0.5, 0.6) is 0 Å². The number of piperidine rings is 1. The summed E-state index contributed by atoms with van der Waals surface area (Å²) in [6, 6.07) is 8.06. The van der Waals surface area contributed by atoms with Gasteiger partial charge in [-0.25, -0.2) is 9.67 Å². The number of fused-ring (bicyclic) bond motifs is 1. The van der Waals surface area contributed by atoms with Crippen LogP contribution in [0.4, 0.5) is 5.82 Å². The molecule has 1 amide bonds. The van der Waals surface area contributed by atoms with Crippen LogP contribution in [-0.2, 0) is 11.8 Å². The predicted molar refractivity (Wildman–Crippen MR) is 105 cm³/mol. The highest BCUT2D eigenvalue weighted by molar-refractivity contribution is 5.95. The zero-order valence-corrected chi connectivity index (χ0v) is 15.7. The van der Waals surface area contributed by atoms with Gasteiger partial charge in [-0.15, -0.1) is 5.10 Å². The van der Waals surface area contributed by atoms with E-state index in [0.717, 1.165) is 54.5 Å². The van der Waals surface area contributed by atoms with Gasteiger partial charge >= 0.3 is 0 Å². The fourth-order valence-corrected chi connectivity index (χ4v) is 3.66. The van der Waals surface area contributed by atoms with Gasteiger partial charge in [-0.05, 0) is 50.0 Å². The van der Waals surface area contributed by atoms with Crippen LogP contribution in [0.1, 0.15) is 19.8 Å². The van der Waals surface area contributed by atoms with E-state index in [-0.39, 0.29) is 11.8 Å². The van der Waals surface area contributed by atoms with Gasteiger partial charge in [0.25, 0.3) is 0 Å². The fourth-order valence-electron chi connectivity index (χ4n) is 3.66. The van der Waals surface area contributed by atoms with Crippen LogP contribution in [0.25, 0.3) is 22.0 Å². The van der Waals surface area contributed by atoms with E-state index in [1.54, 1.807) is 17.1 Å². The van der Waals surface area contributed by atoms with Gasteiger partial charge in [-0.1, -0.05) is 24.3 Å². The standard InChI is InChI=1S/C20H24N6O/c1-3-26-8-6-14(7-9-26)20(27)23-19-11-17-10-15(4-5-16(17)12-21-19)18-13-22-24-25(18)2/h4-5,10-14H,3,6-9H2,1-2H3,(H,21,23,27). The second kappa shape index (κ2) is 7.44. The molecule has 4 rings (SSSR count). The van der Waals surface area contributed by atoms with E-state index in [2.05, 4.69) is 38.5 Å². The summed E-state index contributed by atoms with van der Waals surface area (Å²) in [5.41, 5.74) is 1.98. The van der Waals surface area contributed by atoms with E-state index in [1.165, 1.54) is 0 Å². The summed E-state index contributed by atoms with van der Waals surface area (Å²) in [6.07, 6.45) is 5.36. The molecule has 0 spiro atoms. The Hall–Kier alpha value is -2.80. The largest absolute Gasteiger partial charge is 0.310 e. The minimum Gasteiger partial charge on any atom is -0.310 e. The number of hydrogen-bond donors (Lipinski definition) is 1. The van der Waals surface area contributed by atoms with Crippen molar-refractivity contribution in [3.63, 3.8) is 0 Å². The van der Waals surface area contributed by atoms with Crippen LogP contribution in [-0.4, -0.2) is 50.4 Å². The van der Waals surface area contributed by atoms with Crippen LogP contribution in [0.3, 0.4) is 0 Å². The minimum absolute atomic E-state index is 0.0668. The molecule has 0 radical (unpaired) electrons. The van der Waals surface area contributed by atoms with Crippen molar-refractivity contribution in [2.45, 2.75) is 19.8 Å². The molecule has 140 valence electrons. The molecule has 1 aromatic carbocycles. The Kier molecular flexibility index (Phi) is 4.85. The maximum Gasteiger partial charge on any atom is 0.228 e. The topological polar surface area (TPSA) is 75.9 Å². The molecule has 1 fully saturated rings. The number of anilines is 1. The second-order valence-electron chi connectivity index (χ2n) is 7.07. The number of hydrogen-bond acceptors (Lipinski definition) is 5. The van der Waals surface area contributed by atoms with Gasteiger partial charge in [0.2, 0.25) is 5.91 Å². The highest BCUT2D eigenvalue weighted by atomic mass is 16.1. The van der Waals surface area contributed by atoms with E-state index in [9.17, 15) is 4.79 Å². The number of rotatable bonds is 4. The van der Waals surface area contributed by atoms with Crippen molar-refractivity contribution in [1.29, 1.82) is 0 Å². The first kappa shape index (κ1) is 17.6. The molecular weight excluding hydrogens is 340 g/mol. The van der Waals surface area contributed by atoms with Crippen LogP contribution in [0.15, 0.2) is 36.7 Å². The Morgan fingerprint density at radius 3 is 2.70 bits per heavy atom. The maximum atomic E-state index is 12.6. The van der Waals surface area contributed by atoms with Gasteiger partial charge < -0.3 is 10.2 Å². The van der Waals surface area contributed by atoms with Crippen molar-refractivity contribution in [1.82, 2.24) is 24.9 Å². The number of benzene rings is 1. The molecule has 3 heterocycles. The Balaban J connectivity index is 1.52. The van der Waals surface area contributed by atoms with Gasteiger partial charge in [0, 0.05) is 30.1 Å². The van der Waals surface area contributed by atoms with E-state index < -0.39 is 0 Å². The van der Waals surface area contributed by atoms with E-state index in [0.29, 0.717) is 5.82 Å². The van der Waals surface area contributed by atoms with Crippen LogP contribution >= 0.6 is 0 Å². The summed E-state index contributed by atoms with van der Waals surface area (Å²) < 4.78 is 1.74. The third-order valence-corrected chi connectivity index (χ3v) is 5.39. The molecule has 27 heavy (non-hydrogen) atoms. The number of aryl methyl sites for hydroxylation is 1. The average Bonchev–Trinajstić information content (AvgIpc) is 3.13. The molecule has 3 aromatic rings. The van der Waals surface area contributed by atoms with E-state index >= 15 is 0 Å². The number of amides is 1. The molecule has 1 saturated heterocycles. The predicted octanol–water partition coefficient (Wildman–Crippen LogP) is 2.70. The van der Waals surface area contributed by atoms with Crippen molar-refractivity contribution in [3.8, 4) is 11.3 Å². The maximum absolute atomic E-state index is 12.6. The molecular formula is C20H24N6O. The molecule has 0 aliphatic carbocycles. The summed E-state index contributed by atoms with van der Waals surface area (Å²) in [7, 11) is 1.87. The Labute approximate surface area is 158 Å². The monoisotopic (exact) mass is 364 g/mol. The Morgan fingerprint density at radius 1 is 1.19 bits per heavy atom. The molecule has 0 saturated carbocycles. The number of pyridine rings is 1. The third-order valence-electron chi connectivity index (χ3n) is 5.39. The van der Waals surface area contributed by atoms with Crippen molar-refractivity contribution >= 4 is 22.5 Å². The molecule has 1 aliphatic rings. The van der Waals surface area contributed by atoms with Crippen molar-refractivity contribution in [2.24, 2.45) is 13.0 Å². The number of nitrogens with zero attached hydrogens (tertiary/aromatic N) is 5. The molecule has 7 heteroatoms. The first-order chi connectivity index (χ1) is 13.1. The summed E-state index contributed by atoms with van der Waals surface area (Å²) in [5.74, 6) is 0.743. The van der Waals surface area contributed by atoms with Crippen LogP contribution in [0.2, 0.25) is 0 Å². The lowest BCUT2D eigenvalue weighted by molar-refractivity contribution is -0.121. The third kappa shape index (κ3) is 3.68. The zero-order valence-electron chi connectivity index (χ0n) is 15.7. The molecule has 0 unspecified atom stereocenters. The highest BCUT2D eigenvalue weighted by Crippen LogP contribution is 2.25. The van der Waals surface area contributed by atoms with Gasteiger partial charge in [-0.3, -0.25) is 4.79 Å². The zero-order chi connectivity index (χ0) is 18.8. The second-order valence-corrected chi connectivity index (χ2v) is 7.07. The highest BCUT2D eigenvalue weighted by Gasteiger charge is 2.24. The molecule has 1 aliphatic heterocycles. The Morgan fingerprint density at radius 2 is 2.00 bits per heavy atom. The normalized spacial score (nSPS) is 15.9. The van der Waals surface area contributed by atoms with Crippen molar-refractivity contribution < 1.29 is 4.79 Å². The molecule has 1 N–H and O–H groups in total. The minimum atomic E-state index is 0.0668. The van der Waals surface area contributed by atoms with Gasteiger partial charge in [0.15, 0.2) is 0 Å². The number of nitrogens with one attached hydrogen (secondary N) is 1. The lowest BCUT2D eigenvalue weighted by Crippen LogP contribution is -2.38. The van der Waals surface area contributed by atoms with Crippen LogP contribution < -0.4 is 5.32 Å². The van der Waals surface area contributed by atoms with Crippen molar-refractivity contribution in [3.05, 3.63) is 36.7 Å². The number of aromatic nitrogens is 4. The molecule has 0 atom stereocenters. The quantitative estimate of drug-likeness (QED) is 0.770. The average molecular weight is 364 g/mol. The van der Waals surface area contributed by atoms with Gasteiger partial charge in [0.05, 0.1) is 11.9 Å². The number of carbonyl (C=O) groups is 1. The number of carbonyl (C=O) groups excluding carboxylic acids is 1. The van der Waals surface area contributed by atoms with E-state index in [1.807, 2.05) is 25.2 Å². The lowest BCUT2D eigenvalue weighted by Gasteiger charge is -2.30. The lowest BCUT2D eigenvalue weighted by atomic mass is 9.96. The summed E-state index contributed by atoms with van der Waals surface area (Å²) >= 11 is 0.